The highest BCUT2D eigenvalue weighted by Crippen LogP contribution is 2.13. The molecule has 2 atom stereocenters. The van der Waals surface area contributed by atoms with Crippen molar-refractivity contribution in [3.8, 4) is 0 Å². The Morgan fingerprint density at radius 1 is 1.18 bits per heavy atom. The van der Waals surface area contributed by atoms with Gasteiger partial charge in [0, 0.05) is 12.8 Å². The van der Waals surface area contributed by atoms with Crippen LogP contribution in [0.3, 0.4) is 0 Å². The number of carbonyl (C=O) groups excluding carboxylic acids is 2. The fraction of sp³-hybridized carbons (Fsp3) is 0.667. The van der Waals surface area contributed by atoms with Gasteiger partial charge in [-0.25, -0.2) is 0 Å². The number of ketones is 1. The van der Waals surface area contributed by atoms with E-state index in [1.807, 2.05) is 19.1 Å². The van der Waals surface area contributed by atoms with E-state index in [1.54, 1.807) is 0 Å². The minimum absolute atomic E-state index is 0.259. The molecule has 124 valence electrons. The van der Waals surface area contributed by atoms with Crippen molar-refractivity contribution in [3.05, 3.63) is 24.3 Å². The number of allylic oxidation sites excluding steroid dienone is 1. The molecule has 4 nitrogen and oxygen atoms in total. The number of carbonyl (C=O) groups is 2. The highest BCUT2D eigenvalue weighted by Gasteiger charge is 2.20. The van der Waals surface area contributed by atoms with Gasteiger partial charge in [-0.05, 0) is 25.3 Å². The molecule has 0 bridgehead atoms. The van der Waals surface area contributed by atoms with E-state index in [-0.39, 0.29) is 11.8 Å². The maximum atomic E-state index is 12.2. The fourth-order valence-electron chi connectivity index (χ4n) is 2.39. The van der Waals surface area contributed by atoms with Gasteiger partial charge in [0.1, 0.15) is 0 Å². The van der Waals surface area contributed by atoms with Crippen LogP contribution in [-0.4, -0.2) is 29.1 Å². The standard InChI is InChI=1S/C18H28O4/c1-2-3-7-11-17-16(20)14-13-15(19)10-8-5-4-6-9-12-18(21)22-17/h3,7,13-15,17,19H,2,4-6,8-12H2,1H3. The summed E-state index contributed by atoms with van der Waals surface area (Å²) in [5, 5.41) is 9.83. The maximum Gasteiger partial charge on any atom is 0.306 e. The Balaban J connectivity index is 2.72. The number of esters is 1. The van der Waals surface area contributed by atoms with E-state index >= 15 is 0 Å². The van der Waals surface area contributed by atoms with E-state index in [0.29, 0.717) is 19.3 Å². The quantitative estimate of drug-likeness (QED) is 0.640. The van der Waals surface area contributed by atoms with Gasteiger partial charge in [-0.3, -0.25) is 9.59 Å². The van der Waals surface area contributed by atoms with Gasteiger partial charge in [-0.2, -0.15) is 0 Å². The van der Waals surface area contributed by atoms with Crippen LogP contribution < -0.4 is 0 Å². The first-order valence-corrected chi connectivity index (χ1v) is 8.38. The van der Waals surface area contributed by atoms with Gasteiger partial charge in [0.05, 0.1) is 6.10 Å². The summed E-state index contributed by atoms with van der Waals surface area (Å²) in [6.45, 7) is 2.01. The summed E-state index contributed by atoms with van der Waals surface area (Å²) < 4.78 is 5.32. The molecule has 4 heteroatoms. The minimum Gasteiger partial charge on any atom is -0.454 e. The molecule has 0 fully saturated rings. The summed E-state index contributed by atoms with van der Waals surface area (Å²) in [5.74, 6) is -0.570. The Morgan fingerprint density at radius 2 is 1.91 bits per heavy atom. The molecular formula is C18H28O4. The zero-order chi connectivity index (χ0) is 16.2. The highest BCUT2D eigenvalue weighted by atomic mass is 16.5. The van der Waals surface area contributed by atoms with Crippen molar-refractivity contribution in [1.29, 1.82) is 0 Å². The molecule has 1 N–H and O–H groups in total. The van der Waals surface area contributed by atoms with Crippen LogP contribution in [0.15, 0.2) is 24.3 Å². The van der Waals surface area contributed by atoms with Crippen molar-refractivity contribution in [1.82, 2.24) is 0 Å². The van der Waals surface area contributed by atoms with E-state index in [2.05, 4.69) is 0 Å². The molecule has 0 radical (unpaired) electrons. The molecule has 0 aromatic rings. The molecule has 0 aromatic heterocycles. The lowest BCUT2D eigenvalue weighted by Gasteiger charge is -2.14. The molecule has 0 aliphatic carbocycles. The highest BCUT2D eigenvalue weighted by molar-refractivity contribution is 5.95. The van der Waals surface area contributed by atoms with Crippen LogP contribution in [0.5, 0.6) is 0 Å². The normalized spacial score (nSPS) is 25.9. The third kappa shape index (κ3) is 8.13. The summed E-state index contributed by atoms with van der Waals surface area (Å²) >= 11 is 0. The topological polar surface area (TPSA) is 63.6 Å². The summed E-state index contributed by atoms with van der Waals surface area (Å²) in [5.41, 5.74) is 0. The minimum atomic E-state index is -0.776. The molecule has 0 amide bonds. The van der Waals surface area contributed by atoms with E-state index in [1.165, 1.54) is 12.2 Å². The third-order valence-electron chi connectivity index (χ3n) is 3.71. The molecule has 1 heterocycles. The van der Waals surface area contributed by atoms with Crippen molar-refractivity contribution >= 4 is 11.8 Å². The monoisotopic (exact) mass is 308 g/mol. The first-order chi connectivity index (χ1) is 10.6. The first-order valence-electron chi connectivity index (χ1n) is 8.38. The summed E-state index contributed by atoms with van der Waals surface area (Å²) in [6.07, 6.45) is 12.4. The van der Waals surface area contributed by atoms with Gasteiger partial charge < -0.3 is 9.84 Å². The Kier molecular flexibility index (Phi) is 9.47. The summed E-state index contributed by atoms with van der Waals surface area (Å²) in [4.78, 5) is 24.0. The van der Waals surface area contributed by atoms with E-state index < -0.39 is 12.2 Å². The molecule has 0 saturated carbocycles. The van der Waals surface area contributed by atoms with Gasteiger partial charge in [0.2, 0.25) is 0 Å². The lowest BCUT2D eigenvalue weighted by Crippen LogP contribution is -2.26. The van der Waals surface area contributed by atoms with Gasteiger partial charge in [0.25, 0.3) is 0 Å². The van der Waals surface area contributed by atoms with Crippen molar-refractivity contribution < 1.29 is 19.4 Å². The Labute approximate surface area is 133 Å². The number of ether oxygens (including phenoxy) is 1. The first kappa shape index (κ1) is 18.6. The number of aliphatic hydroxyl groups excluding tert-OH is 1. The summed E-state index contributed by atoms with van der Waals surface area (Å²) in [7, 11) is 0. The van der Waals surface area contributed by atoms with Crippen LogP contribution in [0.1, 0.15) is 64.7 Å². The van der Waals surface area contributed by atoms with Crippen molar-refractivity contribution in [3.63, 3.8) is 0 Å². The average Bonchev–Trinajstić information content (AvgIpc) is 2.50. The van der Waals surface area contributed by atoms with Crippen molar-refractivity contribution in [2.75, 3.05) is 0 Å². The van der Waals surface area contributed by atoms with Crippen molar-refractivity contribution in [2.24, 2.45) is 0 Å². The van der Waals surface area contributed by atoms with Crippen LogP contribution in [0.25, 0.3) is 0 Å². The molecule has 0 spiro atoms. The zero-order valence-electron chi connectivity index (χ0n) is 13.5. The average molecular weight is 308 g/mol. The van der Waals surface area contributed by atoms with Gasteiger partial charge in [0.15, 0.2) is 11.9 Å². The number of hydrogen-bond donors (Lipinski definition) is 1. The smallest absolute Gasteiger partial charge is 0.306 e. The SMILES string of the molecule is CCC=CCC1OC(=O)CCCCCCCC(O)C=CC1=O. The Morgan fingerprint density at radius 3 is 2.68 bits per heavy atom. The number of rotatable bonds is 3. The van der Waals surface area contributed by atoms with E-state index in [4.69, 9.17) is 4.74 Å². The second-order valence-electron chi connectivity index (χ2n) is 5.73. The lowest BCUT2D eigenvalue weighted by molar-refractivity contribution is -0.153. The van der Waals surface area contributed by atoms with Crippen LogP contribution in [-0.2, 0) is 14.3 Å². The van der Waals surface area contributed by atoms with Gasteiger partial charge in [-0.1, -0.05) is 50.8 Å². The predicted octanol–water partition coefficient (Wildman–Crippen LogP) is 3.49. The van der Waals surface area contributed by atoms with Crippen LogP contribution in [0.4, 0.5) is 0 Å². The van der Waals surface area contributed by atoms with Crippen LogP contribution >= 0.6 is 0 Å². The van der Waals surface area contributed by atoms with Gasteiger partial charge >= 0.3 is 5.97 Å². The van der Waals surface area contributed by atoms with E-state index in [9.17, 15) is 14.7 Å². The lowest BCUT2D eigenvalue weighted by atomic mass is 10.0. The molecule has 2 unspecified atom stereocenters. The second kappa shape index (κ2) is 11.2. The Bertz CT molecular complexity index is 398. The zero-order valence-corrected chi connectivity index (χ0v) is 13.5. The number of cyclic esters (lactones) is 1. The summed E-state index contributed by atoms with van der Waals surface area (Å²) in [6, 6.07) is 0. The second-order valence-corrected chi connectivity index (χ2v) is 5.73. The van der Waals surface area contributed by atoms with Crippen molar-refractivity contribution in [2.45, 2.75) is 76.9 Å². The molecule has 1 aliphatic rings. The molecule has 1 aliphatic heterocycles. The Hall–Kier alpha value is -1.42. The predicted molar refractivity (Wildman–Crippen MR) is 86.4 cm³/mol. The number of aliphatic hydroxyl groups is 1. The van der Waals surface area contributed by atoms with Gasteiger partial charge in [-0.15, -0.1) is 0 Å². The molecular weight excluding hydrogens is 280 g/mol. The number of hydrogen-bond acceptors (Lipinski definition) is 4. The van der Waals surface area contributed by atoms with Crippen LogP contribution in [0, 0.1) is 0 Å². The van der Waals surface area contributed by atoms with Crippen LogP contribution in [0.2, 0.25) is 0 Å². The molecule has 0 aromatic carbocycles. The fourth-order valence-corrected chi connectivity index (χ4v) is 2.39. The largest absolute Gasteiger partial charge is 0.454 e. The molecule has 1 rings (SSSR count). The third-order valence-corrected chi connectivity index (χ3v) is 3.71. The molecule has 22 heavy (non-hydrogen) atoms. The molecule has 0 saturated heterocycles. The van der Waals surface area contributed by atoms with E-state index in [0.717, 1.165) is 38.5 Å². The maximum absolute atomic E-state index is 12.2.